The summed E-state index contributed by atoms with van der Waals surface area (Å²) in [4.78, 5) is 11.5. The predicted octanol–water partition coefficient (Wildman–Crippen LogP) is 2.00. The monoisotopic (exact) mass is 291 g/mol. The van der Waals surface area contributed by atoms with Crippen LogP contribution in [-0.2, 0) is 14.8 Å². The zero-order chi connectivity index (χ0) is 13.6. The largest absolute Gasteiger partial charge is 0.462 e. The van der Waals surface area contributed by atoms with Crippen molar-refractivity contribution >= 4 is 27.3 Å². The van der Waals surface area contributed by atoms with Gasteiger partial charge in [-0.25, -0.2) is 17.9 Å². The van der Waals surface area contributed by atoms with E-state index in [1.807, 2.05) is 13.8 Å². The molecule has 7 heteroatoms. The number of esters is 1. The van der Waals surface area contributed by atoms with Gasteiger partial charge in [-0.3, -0.25) is 0 Å². The van der Waals surface area contributed by atoms with Crippen molar-refractivity contribution < 1.29 is 17.9 Å². The molecule has 0 atom stereocenters. The topological polar surface area (TPSA) is 72.5 Å². The molecule has 0 fully saturated rings. The lowest BCUT2D eigenvalue weighted by atomic mass is 10.3. The summed E-state index contributed by atoms with van der Waals surface area (Å²) < 4.78 is 31.1. The summed E-state index contributed by atoms with van der Waals surface area (Å²) in [6, 6.07) is 1.35. The van der Waals surface area contributed by atoms with Crippen molar-refractivity contribution in [2.75, 3.05) is 13.2 Å². The Morgan fingerprint density at radius 3 is 2.72 bits per heavy atom. The molecule has 5 nitrogen and oxygen atoms in total. The van der Waals surface area contributed by atoms with Crippen molar-refractivity contribution in [3.8, 4) is 0 Å². The van der Waals surface area contributed by atoms with E-state index in [1.165, 1.54) is 11.4 Å². The minimum atomic E-state index is -3.49. The second kappa shape index (κ2) is 6.86. The lowest BCUT2D eigenvalue weighted by Crippen LogP contribution is -2.23. The van der Waals surface area contributed by atoms with Gasteiger partial charge in [0.05, 0.1) is 12.2 Å². The van der Waals surface area contributed by atoms with Gasteiger partial charge < -0.3 is 4.74 Å². The maximum absolute atomic E-state index is 11.8. The summed E-state index contributed by atoms with van der Waals surface area (Å²) in [7, 11) is -3.49. The highest BCUT2D eigenvalue weighted by molar-refractivity contribution is 7.91. The smallest absolute Gasteiger partial charge is 0.339 e. The van der Waals surface area contributed by atoms with Gasteiger partial charge in [0.25, 0.3) is 0 Å². The molecule has 1 aromatic heterocycles. The Morgan fingerprint density at radius 1 is 1.39 bits per heavy atom. The van der Waals surface area contributed by atoms with E-state index in [4.69, 9.17) is 4.74 Å². The molecular formula is C11H17NO4S2. The summed E-state index contributed by atoms with van der Waals surface area (Å²) >= 11 is 1.02. The summed E-state index contributed by atoms with van der Waals surface area (Å²) in [5.41, 5.74) is 0.283. The molecule has 0 saturated carbocycles. The summed E-state index contributed by atoms with van der Waals surface area (Å²) in [5.74, 6) is -0.481. The molecule has 0 spiro atoms. The molecule has 0 amide bonds. The highest BCUT2D eigenvalue weighted by Crippen LogP contribution is 2.20. The van der Waals surface area contributed by atoms with Gasteiger partial charge in [-0.15, -0.1) is 11.3 Å². The Hall–Kier alpha value is -0.920. The van der Waals surface area contributed by atoms with Crippen LogP contribution >= 0.6 is 11.3 Å². The van der Waals surface area contributed by atoms with Crippen LogP contribution < -0.4 is 4.72 Å². The van der Waals surface area contributed by atoms with Crippen LogP contribution in [0, 0.1) is 0 Å². The first kappa shape index (κ1) is 15.1. The standard InChI is InChI=1S/C11H17NO4S2/c1-3-5-12-18(14,15)10-7-9(8-17-10)11(13)16-6-4-2/h7-8,12H,3-6H2,1-2H3. The van der Waals surface area contributed by atoms with Crippen LogP contribution in [0.25, 0.3) is 0 Å². The van der Waals surface area contributed by atoms with Gasteiger partial charge in [0.1, 0.15) is 4.21 Å². The number of ether oxygens (including phenoxy) is 1. The highest BCUT2D eigenvalue weighted by atomic mass is 32.2. The van der Waals surface area contributed by atoms with E-state index in [9.17, 15) is 13.2 Å². The molecule has 0 saturated heterocycles. The quantitative estimate of drug-likeness (QED) is 0.780. The summed E-state index contributed by atoms with van der Waals surface area (Å²) in [6.07, 6.45) is 1.45. The minimum Gasteiger partial charge on any atom is -0.462 e. The van der Waals surface area contributed by atoms with E-state index in [2.05, 4.69) is 4.72 Å². The Balaban J connectivity index is 2.76. The van der Waals surface area contributed by atoms with E-state index in [1.54, 1.807) is 0 Å². The molecule has 1 aromatic rings. The number of sulfonamides is 1. The van der Waals surface area contributed by atoms with Crippen LogP contribution in [0.5, 0.6) is 0 Å². The zero-order valence-electron chi connectivity index (χ0n) is 10.4. The van der Waals surface area contributed by atoms with Crippen LogP contribution in [0.2, 0.25) is 0 Å². The van der Waals surface area contributed by atoms with Gasteiger partial charge in [-0.05, 0) is 18.9 Å². The van der Waals surface area contributed by atoms with Crippen molar-refractivity contribution in [1.82, 2.24) is 4.72 Å². The fraction of sp³-hybridized carbons (Fsp3) is 0.545. The molecule has 1 rings (SSSR count). The lowest BCUT2D eigenvalue weighted by molar-refractivity contribution is 0.0505. The van der Waals surface area contributed by atoms with Crippen LogP contribution in [0.3, 0.4) is 0 Å². The molecule has 0 aliphatic heterocycles. The first-order valence-corrected chi connectivity index (χ1v) is 8.12. The Labute approximate surface area is 111 Å². The van der Waals surface area contributed by atoms with Crippen LogP contribution in [0.15, 0.2) is 15.7 Å². The van der Waals surface area contributed by atoms with Crippen molar-refractivity contribution in [3.63, 3.8) is 0 Å². The maximum Gasteiger partial charge on any atom is 0.339 e. The molecule has 0 bridgehead atoms. The fourth-order valence-electron chi connectivity index (χ4n) is 1.15. The maximum atomic E-state index is 11.8. The molecule has 102 valence electrons. The van der Waals surface area contributed by atoms with E-state index >= 15 is 0 Å². The van der Waals surface area contributed by atoms with Crippen molar-refractivity contribution in [2.24, 2.45) is 0 Å². The minimum absolute atomic E-state index is 0.138. The summed E-state index contributed by atoms with van der Waals surface area (Å²) in [5, 5.41) is 1.50. The van der Waals surface area contributed by atoms with Gasteiger partial charge >= 0.3 is 5.97 Å². The third-order valence-corrected chi connectivity index (χ3v) is 4.96. The molecule has 0 radical (unpaired) electrons. The SMILES string of the molecule is CCCNS(=O)(=O)c1cc(C(=O)OCCC)cs1. The molecule has 1 heterocycles. The fourth-order valence-corrected chi connectivity index (χ4v) is 3.48. The third-order valence-electron chi connectivity index (χ3n) is 2.06. The van der Waals surface area contributed by atoms with Crippen LogP contribution in [0.4, 0.5) is 0 Å². The average molecular weight is 291 g/mol. The summed E-state index contributed by atoms with van der Waals surface area (Å²) in [6.45, 7) is 4.50. The molecule has 18 heavy (non-hydrogen) atoms. The molecule has 0 unspecified atom stereocenters. The first-order valence-electron chi connectivity index (χ1n) is 5.76. The zero-order valence-corrected chi connectivity index (χ0v) is 12.1. The Bertz CT molecular complexity index is 493. The number of carbonyl (C=O) groups excluding carboxylic acids is 1. The highest BCUT2D eigenvalue weighted by Gasteiger charge is 2.18. The van der Waals surface area contributed by atoms with Gasteiger partial charge in [0.15, 0.2) is 0 Å². The lowest BCUT2D eigenvalue weighted by Gasteiger charge is -2.02. The molecular weight excluding hydrogens is 274 g/mol. The van der Waals surface area contributed by atoms with Gasteiger partial charge in [0.2, 0.25) is 10.0 Å². The number of carbonyl (C=O) groups is 1. The molecule has 1 N–H and O–H groups in total. The van der Waals surface area contributed by atoms with E-state index < -0.39 is 16.0 Å². The van der Waals surface area contributed by atoms with Crippen molar-refractivity contribution in [3.05, 3.63) is 17.0 Å². The first-order chi connectivity index (χ1) is 8.51. The number of rotatable bonds is 7. The van der Waals surface area contributed by atoms with E-state index in [0.717, 1.165) is 24.2 Å². The van der Waals surface area contributed by atoms with Gasteiger partial charge in [-0.2, -0.15) is 0 Å². The van der Waals surface area contributed by atoms with Crippen LogP contribution in [0.1, 0.15) is 37.0 Å². The molecule has 0 aromatic carbocycles. The molecule has 0 aliphatic rings. The predicted molar refractivity (Wildman–Crippen MR) is 70.4 cm³/mol. The normalized spacial score (nSPS) is 11.4. The number of nitrogens with one attached hydrogen (secondary N) is 1. The number of thiophene rings is 1. The van der Waals surface area contributed by atoms with Crippen LogP contribution in [-0.4, -0.2) is 27.5 Å². The second-order valence-electron chi connectivity index (χ2n) is 3.69. The second-order valence-corrected chi connectivity index (χ2v) is 6.59. The van der Waals surface area contributed by atoms with Gasteiger partial charge in [-0.1, -0.05) is 13.8 Å². The third kappa shape index (κ3) is 4.08. The van der Waals surface area contributed by atoms with E-state index in [0.29, 0.717) is 13.2 Å². The average Bonchev–Trinajstić information content (AvgIpc) is 2.83. The van der Waals surface area contributed by atoms with E-state index in [-0.39, 0.29) is 9.77 Å². The Morgan fingerprint density at radius 2 is 2.11 bits per heavy atom. The number of hydrogen-bond donors (Lipinski definition) is 1. The number of hydrogen-bond acceptors (Lipinski definition) is 5. The van der Waals surface area contributed by atoms with Gasteiger partial charge in [0, 0.05) is 11.9 Å². The van der Waals surface area contributed by atoms with Crippen molar-refractivity contribution in [1.29, 1.82) is 0 Å². The molecule has 0 aliphatic carbocycles. The Kier molecular flexibility index (Phi) is 5.77. The van der Waals surface area contributed by atoms with Crippen molar-refractivity contribution in [2.45, 2.75) is 30.9 Å².